The molecule has 6 nitrogen and oxygen atoms in total. The number of rotatable bonds is 3. The van der Waals surface area contributed by atoms with Crippen LogP contribution in [-0.2, 0) is 0 Å². The van der Waals surface area contributed by atoms with E-state index in [9.17, 15) is 14.7 Å². The van der Waals surface area contributed by atoms with Gasteiger partial charge in [-0.2, -0.15) is 0 Å². The van der Waals surface area contributed by atoms with Gasteiger partial charge in [-0.25, -0.2) is 0 Å². The molecule has 0 saturated heterocycles. The van der Waals surface area contributed by atoms with Crippen LogP contribution in [0.1, 0.15) is 44.4 Å². The smallest absolute Gasteiger partial charge is 0.295 e. The fourth-order valence-corrected chi connectivity index (χ4v) is 4.45. The third-order valence-corrected chi connectivity index (χ3v) is 6.29. The first-order chi connectivity index (χ1) is 15.8. The number of aromatic hydroxyl groups is 1. The summed E-state index contributed by atoms with van der Waals surface area (Å²) in [6, 6.07) is 15.3. The summed E-state index contributed by atoms with van der Waals surface area (Å²) < 4.78 is 11.4. The number of hydrogen-bond donors (Lipinski definition) is 1. The molecule has 5 rings (SSSR count). The number of ether oxygens (including phenoxy) is 1. The Labute approximate surface area is 190 Å². The van der Waals surface area contributed by atoms with E-state index in [-0.39, 0.29) is 34.2 Å². The average Bonchev–Trinajstić information content (AvgIpc) is 3.08. The van der Waals surface area contributed by atoms with Crippen LogP contribution in [0.4, 0.5) is 5.69 Å². The summed E-state index contributed by atoms with van der Waals surface area (Å²) >= 11 is 0. The summed E-state index contributed by atoms with van der Waals surface area (Å²) in [7, 11) is 1.46. The zero-order chi connectivity index (χ0) is 23.4. The van der Waals surface area contributed by atoms with Crippen LogP contribution in [0.5, 0.6) is 11.5 Å². The summed E-state index contributed by atoms with van der Waals surface area (Å²) in [6.07, 6.45) is 0. The topological polar surface area (TPSA) is 80.0 Å². The molecule has 33 heavy (non-hydrogen) atoms. The van der Waals surface area contributed by atoms with Crippen molar-refractivity contribution in [3.63, 3.8) is 0 Å². The van der Waals surface area contributed by atoms with E-state index in [1.807, 2.05) is 51.1 Å². The summed E-state index contributed by atoms with van der Waals surface area (Å²) in [5.41, 5.74) is 4.65. The Balaban J connectivity index is 1.84. The first-order valence-corrected chi connectivity index (χ1v) is 10.6. The number of aryl methyl sites for hydroxylation is 3. The maximum atomic E-state index is 13.8. The second-order valence-corrected chi connectivity index (χ2v) is 8.45. The summed E-state index contributed by atoms with van der Waals surface area (Å²) in [4.78, 5) is 29.0. The SMILES string of the molecule is COc1cc(C2c3c(oc4cc(C)c(C)cc4c3=O)C(=O)N2c2cccc(C)c2)ccc1O. The molecular weight excluding hydrogens is 418 g/mol. The van der Waals surface area contributed by atoms with Gasteiger partial charge in [0.1, 0.15) is 5.58 Å². The number of hydrogen-bond acceptors (Lipinski definition) is 5. The van der Waals surface area contributed by atoms with Gasteiger partial charge in [0.25, 0.3) is 5.91 Å². The summed E-state index contributed by atoms with van der Waals surface area (Å²) in [5.74, 6) is -0.113. The molecule has 6 heteroatoms. The van der Waals surface area contributed by atoms with Crippen LogP contribution in [-0.4, -0.2) is 18.1 Å². The third kappa shape index (κ3) is 3.18. The van der Waals surface area contributed by atoms with Crippen LogP contribution in [0.3, 0.4) is 0 Å². The van der Waals surface area contributed by atoms with Crippen molar-refractivity contribution in [1.29, 1.82) is 0 Å². The Bertz CT molecular complexity index is 1500. The zero-order valence-corrected chi connectivity index (χ0v) is 18.8. The molecule has 1 unspecified atom stereocenters. The molecule has 0 aliphatic carbocycles. The maximum absolute atomic E-state index is 13.8. The molecule has 0 saturated carbocycles. The van der Waals surface area contributed by atoms with Crippen molar-refractivity contribution in [2.75, 3.05) is 12.0 Å². The third-order valence-electron chi connectivity index (χ3n) is 6.29. The minimum atomic E-state index is -0.731. The van der Waals surface area contributed by atoms with Crippen molar-refractivity contribution in [1.82, 2.24) is 0 Å². The van der Waals surface area contributed by atoms with Crippen molar-refractivity contribution >= 4 is 22.6 Å². The number of phenolic OH excluding ortho intramolecular Hbond substituents is 1. The van der Waals surface area contributed by atoms with E-state index in [1.54, 1.807) is 23.1 Å². The Hall–Kier alpha value is -4.06. The standard InChI is InChI=1S/C27H23NO5/c1-14-6-5-7-18(10-14)28-24(17-8-9-20(29)22(13-17)32-4)23-25(30)19-11-15(2)16(3)12-21(19)33-26(23)27(28)31/h5-13,24,29H,1-4H3. The van der Waals surface area contributed by atoms with Crippen LogP contribution in [0.25, 0.3) is 11.0 Å². The van der Waals surface area contributed by atoms with E-state index in [4.69, 9.17) is 9.15 Å². The van der Waals surface area contributed by atoms with E-state index >= 15 is 0 Å². The van der Waals surface area contributed by atoms with E-state index < -0.39 is 6.04 Å². The predicted molar refractivity (Wildman–Crippen MR) is 126 cm³/mol. The highest BCUT2D eigenvalue weighted by atomic mass is 16.5. The van der Waals surface area contributed by atoms with Gasteiger partial charge in [-0.05, 0) is 79.4 Å². The monoisotopic (exact) mass is 441 g/mol. The van der Waals surface area contributed by atoms with Crippen LogP contribution >= 0.6 is 0 Å². The molecule has 1 aromatic heterocycles. The summed E-state index contributed by atoms with van der Waals surface area (Å²) in [6.45, 7) is 5.82. The van der Waals surface area contributed by atoms with Crippen LogP contribution in [0.2, 0.25) is 0 Å². The lowest BCUT2D eigenvalue weighted by atomic mass is 9.96. The lowest BCUT2D eigenvalue weighted by Gasteiger charge is -2.26. The molecule has 2 heterocycles. The molecule has 3 aromatic carbocycles. The maximum Gasteiger partial charge on any atom is 0.295 e. The number of methoxy groups -OCH3 is 1. The lowest BCUT2D eigenvalue weighted by Crippen LogP contribution is -2.29. The Morgan fingerprint density at radius 3 is 2.45 bits per heavy atom. The number of amides is 1. The van der Waals surface area contributed by atoms with Crippen molar-refractivity contribution in [3.05, 3.63) is 98.4 Å². The van der Waals surface area contributed by atoms with Gasteiger partial charge in [-0.3, -0.25) is 14.5 Å². The molecule has 0 fully saturated rings. The average molecular weight is 441 g/mol. The fourth-order valence-electron chi connectivity index (χ4n) is 4.45. The van der Waals surface area contributed by atoms with E-state index in [1.165, 1.54) is 13.2 Å². The second-order valence-electron chi connectivity index (χ2n) is 8.45. The van der Waals surface area contributed by atoms with Gasteiger partial charge in [0.05, 0.1) is 24.1 Å². The lowest BCUT2D eigenvalue weighted by molar-refractivity contribution is 0.0971. The van der Waals surface area contributed by atoms with Crippen molar-refractivity contribution in [2.24, 2.45) is 0 Å². The predicted octanol–water partition coefficient (Wildman–Crippen LogP) is 5.18. The first-order valence-electron chi connectivity index (χ1n) is 10.6. The minimum Gasteiger partial charge on any atom is -0.504 e. The Kier molecular flexibility index (Phi) is 4.74. The molecule has 0 radical (unpaired) electrons. The second kappa shape index (κ2) is 7.52. The normalized spacial score (nSPS) is 15.2. The highest BCUT2D eigenvalue weighted by Crippen LogP contribution is 2.43. The first kappa shape index (κ1) is 20.8. The number of phenols is 1. The number of carbonyl (C=O) groups excluding carboxylic acids is 1. The number of carbonyl (C=O) groups is 1. The number of benzene rings is 3. The minimum absolute atomic E-state index is 0.0236. The molecule has 1 amide bonds. The van der Waals surface area contributed by atoms with E-state index in [2.05, 4.69) is 0 Å². The Morgan fingerprint density at radius 1 is 0.970 bits per heavy atom. The van der Waals surface area contributed by atoms with Crippen molar-refractivity contribution in [3.8, 4) is 11.5 Å². The van der Waals surface area contributed by atoms with E-state index in [0.29, 0.717) is 22.2 Å². The van der Waals surface area contributed by atoms with Gasteiger partial charge in [0, 0.05) is 5.69 Å². The molecular formula is C27H23NO5. The van der Waals surface area contributed by atoms with Crippen LogP contribution < -0.4 is 15.1 Å². The quantitative estimate of drug-likeness (QED) is 0.474. The number of anilines is 1. The molecule has 1 aliphatic rings. The van der Waals surface area contributed by atoms with Gasteiger partial charge in [0.2, 0.25) is 5.76 Å². The van der Waals surface area contributed by atoms with Crippen LogP contribution in [0, 0.1) is 20.8 Å². The van der Waals surface area contributed by atoms with Gasteiger partial charge in [0.15, 0.2) is 16.9 Å². The van der Waals surface area contributed by atoms with Crippen LogP contribution in [0.15, 0.2) is 63.8 Å². The summed E-state index contributed by atoms with van der Waals surface area (Å²) in [5, 5.41) is 10.5. The van der Waals surface area contributed by atoms with Gasteiger partial charge in [-0.15, -0.1) is 0 Å². The highest BCUT2D eigenvalue weighted by molar-refractivity contribution is 6.10. The zero-order valence-electron chi connectivity index (χ0n) is 18.8. The molecule has 0 bridgehead atoms. The largest absolute Gasteiger partial charge is 0.504 e. The number of fused-ring (bicyclic) bond motifs is 2. The molecule has 4 aromatic rings. The van der Waals surface area contributed by atoms with E-state index in [0.717, 1.165) is 16.7 Å². The highest BCUT2D eigenvalue weighted by Gasteiger charge is 2.44. The molecule has 1 atom stereocenters. The fraction of sp³-hybridized carbons (Fsp3) is 0.185. The molecule has 0 spiro atoms. The van der Waals surface area contributed by atoms with Gasteiger partial charge in [-0.1, -0.05) is 18.2 Å². The van der Waals surface area contributed by atoms with Gasteiger partial charge < -0.3 is 14.3 Å². The van der Waals surface area contributed by atoms with Gasteiger partial charge >= 0.3 is 0 Å². The van der Waals surface area contributed by atoms with Crippen molar-refractivity contribution < 1.29 is 19.1 Å². The number of nitrogens with zero attached hydrogens (tertiary/aromatic N) is 1. The molecule has 1 aliphatic heterocycles. The molecule has 1 N–H and O–H groups in total. The van der Waals surface area contributed by atoms with Crippen molar-refractivity contribution in [2.45, 2.75) is 26.8 Å². The molecule has 166 valence electrons. The Morgan fingerprint density at radius 2 is 1.73 bits per heavy atom.